The normalized spacial score (nSPS) is 16.2. The lowest BCUT2D eigenvalue weighted by Crippen LogP contribution is -2.46. The third kappa shape index (κ3) is 2.90. The summed E-state index contributed by atoms with van der Waals surface area (Å²) < 4.78 is 2.07. The number of aromatic nitrogens is 5. The second-order valence-electron chi connectivity index (χ2n) is 7.59. The molecule has 0 radical (unpaired) electrons. The number of carbonyl (C=O) groups is 1. The molecule has 1 aliphatic heterocycles. The van der Waals surface area contributed by atoms with Crippen molar-refractivity contribution in [1.82, 2.24) is 29.7 Å². The molecule has 3 aromatic heterocycles. The van der Waals surface area contributed by atoms with Crippen molar-refractivity contribution in [3.05, 3.63) is 83.6 Å². The highest BCUT2D eigenvalue weighted by molar-refractivity contribution is 5.93. The first-order chi connectivity index (χ1) is 14.2. The highest BCUT2D eigenvalue weighted by Gasteiger charge is 2.41. The van der Waals surface area contributed by atoms with Gasteiger partial charge in [-0.15, -0.1) is 0 Å². The summed E-state index contributed by atoms with van der Waals surface area (Å²) in [6, 6.07) is 16.6. The van der Waals surface area contributed by atoms with Gasteiger partial charge in [0, 0.05) is 30.9 Å². The van der Waals surface area contributed by atoms with Crippen molar-refractivity contribution in [1.29, 1.82) is 0 Å². The number of imidazole rings is 1. The molecule has 1 saturated heterocycles. The number of hydrogen-bond acceptors (Lipinski definition) is 4. The average molecular weight is 386 g/mol. The summed E-state index contributed by atoms with van der Waals surface area (Å²) in [5.41, 5.74) is 4.06. The number of fused-ring (bicyclic) bond motifs is 1. The molecule has 4 aromatic rings. The maximum absolute atomic E-state index is 12.9. The van der Waals surface area contributed by atoms with Crippen molar-refractivity contribution in [2.75, 3.05) is 13.1 Å². The number of nitrogens with zero attached hydrogens (tertiary/aromatic N) is 5. The van der Waals surface area contributed by atoms with E-state index in [-0.39, 0.29) is 11.3 Å². The van der Waals surface area contributed by atoms with E-state index in [1.54, 1.807) is 6.92 Å². The third-order valence-corrected chi connectivity index (χ3v) is 6.01. The van der Waals surface area contributed by atoms with Crippen molar-refractivity contribution in [2.45, 2.75) is 25.2 Å². The van der Waals surface area contributed by atoms with Gasteiger partial charge in [0.15, 0.2) is 5.69 Å². The van der Waals surface area contributed by atoms with E-state index in [4.69, 9.17) is 4.98 Å². The summed E-state index contributed by atoms with van der Waals surface area (Å²) in [6.07, 6.45) is 5.77. The number of hydrogen-bond donors (Lipinski definition) is 1. The van der Waals surface area contributed by atoms with Crippen LogP contribution in [0.4, 0.5) is 0 Å². The molecule has 7 nitrogen and oxygen atoms in total. The number of likely N-dealkylation sites (tertiary alicyclic amines) is 1. The van der Waals surface area contributed by atoms with Gasteiger partial charge in [0.25, 0.3) is 5.91 Å². The fourth-order valence-electron chi connectivity index (χ4n) is 4.34. The second-order valence-corrected chi connectivity index (χ2v) is 7.59. The lowest BCUT2D eigenvalue weighted by atomic mass is 9.70. The van der Waals surface area contributed by atoms with Gasteiger partial charge in [0.2, 0.25) is 0 Å². The number of carbonyl (C=O) groups excluding carboxylic acids is 1. The monoisotopic (exact) mass is 386 g/mol. The molecule has 0 aliphatic carbocycles. The van der Waals surface area contributed by atoms with Crippen molar-refractivity contribution in [2.24, 2.45) is 0 Å². The summed E-state index contributed by atoms with van der Waals surface area (Å²) in [4.78, 5) is 19.7. The maximum Gasteiger partial charge on any atom is 0.276 e. The molecule has 4 heterocycles. The van der Waals surface area contributed by atoms with Crippen LogP contribution in [0.5, 0.6) is 0 Å². The van der Waals surface area contributed by atoms with Crippen LogP contribution >= 0.6 is 0 Å². The van der Waals surface area contributed by atoms with E-state index in [1.807, 2.05) is 35.4 Å². The Morgan fingerprint density at radius 3 is 2.48 bits per heavy atom. The smallest absolute Gasteiger partial charge is 0.276 e. The molecule has 1 fully saturated rings. The van der Waals surface area contributed by atoms with Crippen LogP contribution in [0, 0.1) is 6.92 Å². The predicted octanol–water partition coefficient (Wildman–Crippen LogP) is 2.98. The van der Waals surface area contributed by atoms with Gasteiger partial charge in [-0.25, -0.2) is 4.98 Å². The lowest BCUT2D eigenvalue weighted by Gasteiger charge is -2.41. The molecule has 0 saturated carbocycles. The Balaban J connectivity index is 1.50. The van der Waals surface area contributed by atoms with E-state index < -0.39 is 0 Å². The van der Waals surface area contributed by atoms with E-state index in [0.717, 1.165) is 24.2 Å². The van der Waals surface area contributed by atoms with Crippen molar-refractivity contribution in [3.8, 4) is 0 Å². The molecule has 1 aliphatic rings. The average Bonchev–Trinajstić information content (AvgIpc) is 3.40. The minimum absolute atomic E-state index is 0.0621. The van der Waals surface area contributed by atoms with Gasteiger partial charge >= 0.3 is 0 Å². The van der Waals surface area contributed by atoms with Crippen LogP contribution < -0.4 is 0 Å². The number of pyridine rings is 1. The fraction of sp³-hybridized carbons (Fsp3) is 0.273. The van der Waals surface area contributed by atoms with Crippen LogP contribution in [0.2, 0.25) is 0 Å². The summed E-state index contributed by atoms with van der Waals surface area (Å²) in [5, 5.41) is 10.6. The summed E-state index contributed by atoms with van der Waals surface area (Å²) in [7, 11) is 0. The zero-order chi connectivity index (χ0) is 19.8. The van der Waals surface area contributed by atoms with Gasteiger partial charge < -0.3 is 9.30 Å². The van der Waals surface area contributed by atoms with Gasteiger partial charge in [0.1, 0.15) is 5.65 Å². The number of nitrogens with one attached hydrogen (secondary N) is 1. The van der Waals surface area contributed by atoms with Crippen LogP contribution in [0.3, 0.4) is 0 Å². The Bertz CT molecular complexity index is 1120. The third-order valence-electron chi connectivity index (χ3n) is 6.01. The van der Waals surface area contributed by atoms with Crippen LogP contribution in [0.1, 0.15) is 40.3 Å². The highest BCUT2D eigenvalue weighted by atomic mass is 16.2. The minimum atomic E-state index is -0.219. The second kappa shape index (κ2) is 6.84. The van der Waals surface area contributed by atoms with Crippen LogP contribution in [0.25, 0.3) is 5.65 Å². The molecule has 1 amide bonds. The molecule has 29 heavy (non-hydrogen) atoms. The zero-order valence-corrected chi connectivity index (χ0v) is 16.2. The van der Waals surface area contributed by atoms with Crippen LogP contribution in [0.15, 0.2) is 60.9 Å². The predicted molar refractivity (Wildman–Crippen MR) is 109 cm³/mol. The molecule has 0 unspecified atom stereocenters. The molecular weight excluding hydrogens is 364 g/mol. The van der Waals surface area contributed by atoms with Gasteiger partial charge in [-0.3, -0.25) is 4.79 Å². The largest absolute Gasteiger partial charge is 0.337 e. The number of rotatable bonds is 3. The van der Waals surface area contributed by atoms with E-state index in [2.05, 4.69) is 50.3 Å². The summed E-state index contributed by atoms with van der Waals surface area (Å²) >= 11 is 0. The Morgan fingerprint density at radius 2 is 1.79 bits per heavy atom. The number of benzene rings is 1. The molecular formula is C22H22N6O. The van der Waals surface area contributed by atoms with Crippen LogP contribution in [-0.2, 0) is 5.41 Å². The maximum atomic E-state index is 12.9. The standard InChI is InChI=1S/C22H22N6O/c1-16-20(25-26-24-16)21(29)27-13-10-22(11-14-27,17-7-3-2-4-8-17)18-15-28-12-6-5-9-19(28)23-18/h2-9,12,15H,10-11,13-14H2,1H3,(H,24,25,26). The molecule has 0 bridgehead atoms. The van der Waals surface area contributed by atoms with Crippen molar-refractivity contribution >= 4 is 11.6 Å². The Labute approximate surface area is 168 Å². The summed E-state index contributed by atoms with van der Waals surface area (Å²) in [6.45, 7) is 3.09. The Hall–Kier alpha value is -3.48. The molecule has 1 N–H and O–H groups in total. The number of H-pyrrole nitrogens is 1. The first-order valence-corrected chi connectivity index (χ1v) is 9.84. The van der Waals surface area contributed by atoms with Crippen LogP contribution in [-0.4, -0.2) is 48.7 Å². The molecule has 146 valence electrons. The SMILES string of the molecule is Cc1n[nH]nc1C(=O)N1CCC(c2ccccc2)(c2cn3ccccc3n2)CC1. The van der Waals surface area contributed by atoms with Crippen molar-refractivity contribution < 1.29 is 4.79 Å². The number of amides is 1. The van der Waals surface area contributed by atoms with E-state index in [1.165, 1.54) is 5.56 Å². The lowest BCUT2D eigenvalue weighted by molar-refractivity contribution is 0.0677. The molecule has 7 heteroatoms. The topological polar surface area (TPSA) is 79.2 Å². The Kier molecular flexibility index (Phi) is 4.16. The van der Waals surface area contributed by atoms with Gasteiger partial charge in [-0.2, -0.15) is 15.4 Å². The first kappa shape index (κ1) is 17.6. The number of piperidine rings is 1. The van der Waals surface area contributed by atoms with E-state index in [9.17, 15) is 4.79 Å². The fourth-order valence-corrected chi connectivity index (χ4v) is 4.34. The van der Waals surface area contributed by atoms with Gasteiger partial charge in [0.05, 0.1) is 11.4 Å². The quantitative estimate of drug-likeness (QED) is 0.587. The molecule has 5 rings (SSSR count). The Morgan fingerprint density at radius 1 is 1.03 bits per heavy atom. The van der Waals surface area contributed by atoms with Gasteiger partial charge in [-0.05, 0) is 37.5 Å². The zero-order valence-electron chi connectivity index (χ0n) is 16.2. The van der Waals surface area contributed by atoms with E-state index in [0.29, 0.717) is 24.5 Å². The highest BCUT2D eigenvalue weighted by Crippen LogP contribution is 2.41. The number of aromatic amines is 1. The van der Waals surface area contributed by atoms with E-state index >= 15 is 0 Å². The molecule has 1 aromatic carbocycles. The number of aryl methyl sites for hydroxylation is 1. The molecule has 0 atom stereocenters. The summed E-state index contributed by atoms with van der Waals surface area (Å²) in [5.74, 6) is -0.0621. The minimum Gasteiger partial charge on any atom is -0.337 e. The molecule has 0 spiro atoms. The first-order valence-electron chi connectivity index (χ1n) is 9.84. The van der Waals surface area contributed by atoms with Crippen molar-refractivity contribution in [3.63, 3.8) is 0 Å². The van der Waals surface area contributed by atoms with Gasteiger partial charge in [-0.1, -0.05) is 36.4 Å².